The number of anilines is 1. The molecule has 1 aromatic heterocycles. The van der Waals surface area contributed by atoms with Gasteiger partial charge in [-0.15, -0.1) is 0 Å². The molecule has 0 aliphatic heterocycles. The zero-order valence-corrected chi connectivity index (χ0v) is 15.7. The second kappa shape index (κ2) is 7.38. The summed E-state index contributed by atoms with van der Waals surface area (Å²) < 4.78 is 22.7. The molecule has 0 aliphatic carbocycles. The normalized spacial score (nSPS) is 11.5. The minimum atomic E-state index is -3.68. The van der Waals surface area contributed by atoms with E-state index in [0.717, 1.165) is 27.6 Å². The number of primary sulfonamides is 1. The number of aromatic nitrogens is 2. The number of nitrogens with one attached hydrogen (secondary N) is 1. The van der Waals surface area contributed by atoms with Crippen molar-refractivity contribution in [3.63, 3.8) is 0 Å². The minimum Gasteiger partial charge on any atom is -0.365 e. The van der Waals surface area contributed by atoms with Gasteiger partial charge in [0.2, 0.25) is 10.0 Å². The molecule has 28 heavy (non-hydrogen) atoms. The Balaban J connectivity index is 1.56. The van der Waals surface area contributed by atoms with Gasteiger partial charge >= 0.3 is 0 Å². The number of hydrogen-bond donors (Lipinski definition) is 2. The van der Waals surface area contributed by atoms with Crippen LogP contribution in [0.15, 0.2) is 84.0 Å². The fraction of sp³-hybridized carbons (Fsp3) is 0.0476. The zero-order chi connectivity index (χ0) is 19.6. The van der Waals surface area contributed by atoms with Crippen LogP contribution in [0.1, 0.15) is 5.56 Å². The Labute approximate surface area is 163 Å². The molecule has 0 spiro atoms. The van der Waals surface area contributed by atoms with Gasteiger partial charge in [-0.1, -0.05) is 54.6 Å². The van der Waals surface area contributed by atoms with Crippen molar-refractivity contribution in [3.8, 4) is 11.3 Å². The SMILES string of the molecule is NS(=O)(=O)c1ccc(CNc2cncc(-c3cccc4ccccc34)n2)cc1. The van der Waals surface area contributed by atoms with Gasteiger partial charge in [-0.25, -0.2) is 18.5 Å². The number of nitrogens with two attached hydrogens (primary N) is 1. The Morgan fingerprint density at radius 3 is 2.43 bits per heavy atom. The van der Waals surface area contributed by atoms with Crippen LogP contribution in [-0.4, -0.2) is 18.4 Å². The highest BCUT2D eigenvalue weighted by molar-refractivity contribution is 7.89. The lowest BCUT2D eigenvalue weighted by Gasteiger charge is -2.09. The van der Waals surface area contributed by atoms with Gasteiger partial charge in [0, 0.05) is 12.1 Å². The van der Waals surface area contributed by atoms with Crippen LogP contribution in [0, 0.1) is 0 Å². The molecule has 4 aromatic rings. The lowest BCUT2D eigenvalue weighted by atomic mass is 10.0. The Morgan fingerprint density at radius 2 is 1.64 bits per heavy atom. The van der Waals surface area contributed by atoms with E-state index in [0.29, 0.717) is 12.4 Å². The zero-order valence-electron chi connectivity index (χ0n) is 14.9. The van der Waals surface area contributed by atoms with Crippen molar-refractivity contribution in [1.82, 2.24) is 9.97 Å². The van der Waals surface area contributed by atoms with Gasteiger partial charge in [0.1, 0.15) is 5.82 Å². The van der Waals surface area contributed by atoms with E-state index in [1.807, 2.05) is 24.3 Å². The fourth-order valence-electron chi connectivity index (χ4n) is 3.02. The highest BCUT2D eigenvalue weighted by Gasteiger charge is 2.08. The van der Waals surface area contributed by atoms with Gasteiger partial charge in [-0.05, 0) is 28.5 Å². The van der Waals surface area contributed by atoms with Gasteiger partial charge < -0.3 is 5.32 Å². The summed E-state index contributed by atoms with van der Waals surface area (Å²) in [4.78, 5) is 9.07. The maximum atomic E-state index is 11.3. The molecule has 140 valence electrons. The van der Waals surface area contributed by atoms with Gasteiger partial charge in [-0.2, -0.15) is 0 Å². The molecule has 0 aliphatic rings. The molecule has 0 unspecified atom stereocenters. The molecule has 4 rings (SSSR count). The molecule has 0 bridgehead atoms. The predicted molar refractivity (Wildman–Crippen MR) is 110 cm³/mol. The van der Waals surface area contributed by atoms with Gasteiger partial charge in [0.25, 0.3) is 0 Å². The first-order chi connectivity index (χ1) is 13.5. The summed E-state index contributed by atoms with van der Waals surface area (Å²) >= 11 is 0. The summed E-state index contributed by atoms with van der Waals surface area (Å²) in [6, 6.07) is 20.7. The molecule has 0 radical (unpaired) electrons. The first kappa shape index (κ1) is 18.1. The van der Waals surface area contributed by atoms with Crippen LogP contribution in [-0.2, 0) is 16.6 Å². The smallest absolute Gasteiger partial charge is 0.238 e. The molecule has 3 N–H and O–H groups in total. The number of benzene rings is 3. The third kappa shape index (κ3) is 3.85. The summed E-state index contributed by atoms with van der Waals surface area (Å²) in [7, 11) is -3.68. The maximum absolute atomic E-state index is 11.3. The largest absolute Gasteiger partial charge is 0.365 e. The van der Waals surface area contributed by atoms with Crippen LogP contribution < -0.4 is 10.5 Å². The molecule has 0 fully saturated rings. The second-order valence-electron chi connectivity index (χ2n) is 6.36. The lowest BCUT2D eigenvalue weighted by molar-refractivity contribution is 0.598. The quantitative estimate of drug-likeness (QED) is 0.543. The summed E-state index contributed by atoms with van der Waals surface area (Å²) in [5, 5.41) is 10.6. The number of rotatable bonds is 5. The van der Waals surface area contributed by atoms with Gasteiger partial charge in [0.05, 0.1) is 23.0 Å². The second-order valence-corrected chi connectivity index (χ2v) is 7.92. The van der Waals surface area contributed by atoms with E-state index in [2.05, 4.69) is 33.5 Å². The predicted octanol–water partition coefficient (Wildman–Crippen LogP) is 3.56. The lowest BCUT2D eigenvalue weighted by Crippen LogP contribution is -2.12. The molecule has 7 heteroatoms. The van der Waals surface area contributed by atoms with Crippen LogP contribution in [0.3, 0.4) is 0 Å². The Bertz CT molecular complexity index is 1230. The van der Waals surface area contributed by atoms with Crippen molar-refractivity contribution in [1.29, 1.82) is 0 Å². The highest BCUT2D eigenvalue weighted by atomic mass is 32.2. The van der Waals surface area contributed by atoms with E-state index in [9.17, 15) is 8.42 Å². The number of sulfonamides is 1. The number of hydrogen-bond acceptors (Lipinski definition) is 5. The van der Waals surface area contributed by atoms with E-state index in [-0.39, 0.29) is 4.90 Å². The number of nitrogens with zero attached hydrogens (tertiary/aromatic N) is 2. The monoisotopic (exact) mass is 390 g/mol. The Kier molecular flexibility index (Phi) is 4.77. The maximum Gasteiger partial charge on any atom is 0.238 e. The topological polar surface area (TPSA) is 98.0 Å². The first-order valence-electron chi connectivity index (χ1n) is 8.66. The van der Waals surface area contributed by atoms with Crippen molar-refractivity contribution in [2.24, 2.45) is 5.14 Å². The molecule has 1 heterocycles. The van der Waals surface area contributed by atoms with Crippen molar-refractivity contribution in [2.75, 3.05) is 5.32 Å². The highest BCUT2D eigenvalue weighted by Crippen LogP contribution is 2.27. The molecule has 0 saturated carbocycles. The summed E-state index contributed by atoms with van der Waals surface area (Å²) in [5.41, 5.74) is 2.71. The van der Waals surface area contributed by atoms with Crippen molar-refractivity contribution < 1.29 is 8.42 Å². The van der Waals surface area contributed by atoms with E-state index in [4.69, 9.17) is 5.14 Å². The van der Waals surface area contributed by atoms with Crippen molar-refractivity contribution in [2.45, 2.75) is 11.4 Å². The fourth-order valence-corrected chi connectivity index (χ4v) is 3.53. The van der Waals surface area contributed by atoms with Crippen LogP contribution >= 0.6 is 0 Å². The molecule has 0 amide bonds. The van der Waals surface area contributed by atoms with Crippen LogP contribution in [0.4, 0.5) is 5.82 Å². The van der Waals surface area contributed by atoms with Gasteiger partial charge in [-0.3, -0.25) is 4.98 Å². The van der Waals surface area contributed by atoms with Crippen molar-refractivity contribution in [3.05, 3.63) is 84.7 Å². The van der Waals surface area contributed by atoms with E-state index in [1.54, 1.807) is 24.5 Å². The van der Waals surface area contributed by atoms with E-state index in [1.165, 1.54) is 12.1 Å². The first-order valence-corrected chi connectivity index (χ1v) is 10.2. The molecule has 3 aromatic carbocycles. The Hall–Kier alpha value is -3.29. The van der Waals surface area contributed by atoms with E-state index >= 15 is 0 Å². The van der Waals surface area contributed by atoms with Crippen molar-refractivity contribution >= 4 is 26.6 Å². The Morgan fingerprint density at radius 1 is 0.893 bits per heavy atom. The number of fused-ring (bicyclic) bond motifs is 1. The van der Waals surface area contributed by atoms with Crippen LogP contribution in [0.2, 0.25) is 0 Å². The molecule has 6 nitrogen and oxygen atoms in total. The van der Waals surface area contributed by atoms with E-state index < -0.39 is 10.0 Å². The third-order valence-electron chi connectivity index (χ3n) is 4.43. The third-order valence-corrected chi connectivity index (χ3v) is 5.35. The van der Waals surface area contributed by atoms with Crippen LogP contribution in [0.5, 0.6) is 0 Å². The summed E-state index contributed by atoms with van der Waals surface area (Å²) in [6.45, 7) is 0.485. The molecule has 0 atom stereocenters. The molecule has 0 saturated heterocycles. The molecular weight excluding hydrogens is 372 g/mol. The minimum absolute atomic E-state index is 0.0917. The average Bonchev–Trinajstić information content (AvgIpc) is 2.72. The average molecular weight is 390 g/mol. The van der Waals surface area contributed by atoms with Gasteiger partial charge in [0.15, 0.2) is 0 Å². The molecular formula is C21H18N4O2S. The summed E-state index contributed by atoms with van der Waals surface area (Å²) in [5.74, 6) is 0.640. The standard InChI is InChI=1S/C21H18N4O2S/c22-28(26,27)17-10-8-15(9-11-17)12-24-21-14-23-13-20(25-21)19-7-3-5-16-4-1-2-6-18(16)19/h1-11,13-14H,12H2,(H,24,25)(H2,22,26,27). The van der Waals surface area contributed by atoms with Crippen LogP contribution in [0.25, 0.3) is 22.0 Å². The summed E-state index contributed by atoms with van der Waals surface area (Å²) in [6.07, 6.45) is 3.40.